The molecule has 0 aliphatic heterocycles. The lowest BCUT2D eigenvalue weighted by Crippen LogP contribution is -2.29. The molecular formula is C32H40O3. The van der Waals surface area contributed by atoms with E-state index in [2.05, 4.69) is 76.2 Å². The summed E-state index contributed by atoms with van der Waals surface area (Å²) in [6, 6.07) is 27.3. The first-order valence-corrected chi connectivity index (χ1v) is 12.8. The minimum absolute atomic E-state index is 0.0871. The van der Waals surface area contributed by atoms with Crippen molar-refractivity contribution in [2.75, 3.05) is 0 Å². The lowest BCUT2D eigenvalue weighted by Gasteiger charge is -2.26. The van der Waals surface area contributed by atoms with Gasteiger partial charge in [0.2, 0.25) is 0 Å². The third-order valence-corrected chi connectivity index (χ3v) is 6.66. The summed E-state index contributed by atoms with van der Waals surface area (Å²) < 4.78 is 11.0. The van der Waals surface area contributed by atoms with Crippen molar-refractivity contribution in [2.45, 2.75) is 84.2 Å². The number of hydrogen-bond donors (Lipinski definition) is 0. The van der Waals surface area contributed by atoms with Gasteiger partial charge >= 0.3 is 6.16 Å². The molecule has 0 saturated carbocycles. The zero-order valence-electron chi connectivity index (χ0n) is 22.1. The summed E-state index contributed by atoms with van der Waals surface area (Å²) in [5, 5.41) is 0. The summed E-state index contributed by atoms with van der Waals surface area (Å²) in [5.41, 5.74) is 4.59. The highest BCUT2D eigenvalue weighted by atomic mass is 16.7. The highest BCUT2D eigenvalue weighted by Crippen LogP contribution is 2.35. The van der Waals surface area contributed by atoms with Crippen LogP contribution in [0.3, 0.4) is 0 Å². The van der Waals surface area contributed by atoms with Crippen molar-refractivity contribution in [2.24, 2.45) is 0 Å². The summed E-state index contributed by atoms with van der Waals surface area (Å²) in [4.78, 5) is 12.3. The van der Waals surface area contributed by atoms with E-state index in [1.54, 1.807) is 0 Å². The maximum absolute atomic E-state index is 12.3. The van der Waals surface area contributed by atoms with Crippen LogP contribution in [0, 0.1) is 0 Å². The fourth-order valence-corrected chi connectivity index (χ4v) is 4.84. The average Bonchev–Trinajstić information content (AvgIpc) is 2.81. The number of carbonyl (C=O) groups is 1. The van der Waals surface area contributed by atoms with E-state index in [1.807, 2.05) is 44.2 Å². The number of benzene rings is 3. The zero-order valence-corrected chi connectivity index (χ0v) is 22.1. The summed E-state index contributed by atoms with van der Waals surface area (Å²) in [5.74, 6) is 0.568. The standard InChI is InChI=1S/C32H40O3/c1-7-22-31(3,4)27-18-14-25(15-19-27)29(24-12-10-9-11-13-24)26-16-20-28(21-17-26)34-30(33)35-32(5,6)23-8-2/h9-21,29H,7-8,22-23H2,1-6H3. The molecule has 3 aromatic rings. The van der Waals surface area contributed by atoms with Crippen LogP contribution in [0.2, 0.25) is 0 Å². The van der Waals surface area contributed by atoms with E-state index in [-0.39, 0.29) is 11.3 Å². The van der Waals surface area contributed by atoms with Crippen molar-refractivity contribution in [3.05, 3.63) is 101 Å². The minimum atomic E-state index is -0.666. The molecule has 0 spiro atoms. The molecule has 0 fully saturated rings. The van der Waals surface area contributed by atoms with Crippen LogP contribution in [0.15, 0.2) is 78.9 Å². The summed E-state index contributed by atoms with van der Waals surface area (Å²) in [6.07, 6.45) is 3.38. The van der Waals surface area contributed by atoms with Gasteiger partial charge in [-0.2, -0.15) is 0 Å². The molecule has 0 heterocycles. The van der Waals surface area contributed by atoms with Gasteiger partial charge in [0.15, 0.2) is 0 Å². The fraction of sp³-hybridized carbons (Fsp3) is 0.406. The molecule has 0 aliphatic carbocycles. The van der Waals surface area contributed by atoms with Crippen LogP contribution in [0.1, 0.15) is 95.4 Å². The van der Waals surface area contributed by atoms with E-state index in [1.165, 1.54) is 23.1 Å². The largest absolute Gasteiger partial charge is 0.514 e. The van der Waals surface area contributed by atoms with Crippen molar-refractivity contribution in [3.63, 3.8) is 0 Å². The Morgan fingerprint density at radius 1 is 0.714 bits per heavy atom. The maximum atomic E-state index is 12.3. The van der Waals surface area contributed by atoms with Crippen molar-refractivity contribution in [1.82, 2.24) is 0 Å². The Morgan fingerprint density at radius 2 is 1.23 bits per heavy atom. The molecule has 0 bridgehead atoms. The Morgan fingerprint density at radius 3 is 1.77 bits per heavy atom. The predicted molar refractivity (Wildman–Crippen MR) is 144 cm³/mol. The Balaban J connectivity index is 1.85. The van der Waals surface area contributed by atoms with Crippen molar-refractivity contribution in [1.29, 1.82) is 0 Å². The normalized spacial score (nSPS) is 12.7. The molecule has 186 valence electrons. The highest BCUT2D eigenvalue weighted by molar-refractivity contribution is 5.64. The van der Waals surface area contributed by atoms with Gasteiger partial charge in [0.05, 0.1) is 0 Å². The van der Waals surface area contributed by atoms with Crippen LogP contribution >= 0.6 is 0 Å². The maximum Gasteiger partial charge on any atom is 0.514 e. The monoisotopic (exact) mass is 472 g/mol. The van der Waals surface area contributed by atoms with Gasteiger partial charge in [-0.05, 0) is 66.5 Å². The molecule has 0 amide bonds. The van der Waals surface area contributed by atoms with Crippen LogP contribution in [-0.4, -0.2) is 11.8 Å². The Bertz CT molecular complexity index is 1060. The van der Waals surface area contributed by atoms with Crippen molar-refractivity contribution >= 4 is 6.16 Å². The lowest BCUT2D eigenvalue weighted by atomic mass is 9.79. The highest BCUT2D eigenvalue weighted by Gasteiger charge is 2.24. The third kappa shape index (κ3) is 7.21. The fourth-order valence-electron chi connectivity index (χ4n) is 4.84. The Labute approximate surface area is 211 Å². The molecule has 0 radical (unpaired) electrons. The van der Waals surface area contributed by atoms with E-state index in [0.29, 0.717) is 5.75 Å². The Hall–Kier alpha value is -3.07. The second kappa shape index (κ2) is 11.6. The second-order valence-electron chi connectivity index (χ2n) is 10.6. The summed E-state index contributed by atoms with van der Waals surface area (Å²) >= 11 is 0. The topological polar surface area (TPSA) is 35.5 Å². The van der Waals surface area contributed by atoms with Gasteiger partial charge in [-0.25, -0.2) is 4.79 Å². The number of carbonyl (C=O) groups excluding carboxylic acids is 1. The molecule has 3 nitrogen and oxygen atoms in total. The van der Waals surface area contributed by atoms with Gasteiger partial charge in [0, 0.05) is 5.92 Å². The van der Waals surface area contributed by atoms with E-state index >= 15 is 0 Å². The summed E-state index contributed by atoms with van der Waals surface area (Å²) in [7, 11) is 0. The van der Waals surface area contributed by atoms with Crippen LogP contribution in [0.4, 0.5) is 4.79 Å². The molecule has 3 aromatic carbocycles. The number of hydrogen-bond acceptors (Lipinski definition) is 3. The van der Waals surface area contributed by atoms with E-state index in [0.717, 1.165) is 24.8 Å². The molecule has 0 aromatic heterocycles. The molecule has 35 heavy (non-hydrogen) atoms. The molecule has 3 heteroatoms. The molecule has 0 saturated heterocycles. The predicted octanol–water partition coefficient (Wildman–Crippen LogP) is 9.04. The quantitative estimate of drug-likeness (QED) is 0.168. The van der Waals surface area contributed by atoms with E-state index < -0.39 is 11.8 Å². The van der Waals surface area contributed by atoms with Gasteiger partial charge in [-0.15, -0.1) is 0 Å². The van der Waals surface area contributed by atoms with Crippen LogP contribution < -0.4 is 4.74 Å². The SMILES string of the molecule is CCCC(C)(C)OC(=O)Oc1ccc(C(c2ccccc2)c2ccc(C(C)(C)CCC)cc2)cc1. The van der Waals surface area contributed by atoms with Crippen LogP contribution in [-0.2, 0) is 10.2 Å². The molecule has 1 unspecified atom stereocenters. The Kier molecular flexibility index (Phi) is 8.77. The first-order chi connectivity index (χ1) is 16.6. The third-order valence-electron chi connectivity index (χ3n) is 6.66. The zero-order chi connectivity index (χ0) is 25.5. The first-order valence-electron chi connectivity index (χ1n) is 12.8. The molecule has 1 atom stereocenters. The molecule has 3 rings (SSSR count). The van der Waals surface area contributed by atoms with Crippen LogP contribution in [0.25, 0.3) is 0 Å². The minimum Gasteiger partial charge on any atom is -0.428 e. The molecule has 0 N–H and O–H groups in total. The lowest BCUT2D eigenvalue weighted by molar-refractivity contribution is 0.00385. The smallest absolute Gasteiger partial charge is 0.428 e. The number of ether oxygens (including phenoxy) is 2. The molecular weight excluding hydrogens is 432 g/mol. The van der Waals surface area contributed by atoms with Gasteiger partial charge in [0.1, 0.15) is 11.4 Å². The van der Waals surface area contributed by atoms with Crippen LogP contribution in [0.5, 0.6) is 5.75 Å². The van der Waals surface area contributed by atoms with Gasteiger partial charge in [0.25, 0.3) is 0 Å². The van der Waals surface area contributed by atoms with Crippen molar-refractivity contribution in [3.8, 4) is 5.75 Å². The van der Waals surface area contributed by atoms with E-state index in [9.17, 15) is 4.79 Å². The van der Waals surface area contributed by atoms with Gasteiger partial charge < -0.3 is 9.47 Å². The average molecular weight is 473 g/mol. The van der Waals surface area contributed by atoms with Gasteiger partial charge in [-0.1, -0.05) is 107 Å². The number of rotatable bonds is 10. The summed E-state index contributed by atoms with van der Waals surface area (Å²) in [6.45, 7) is 12.7. The second-order valence-corrected chi connectivity index (χ2v) is 10.6. The van der Waals surface area contributed by atoms with E-state index in [4.69, 9.17) is 9.47 Å². The molecule has 0 aliphatic rings. The first kappa shape index (κ1) is 26.5. The van der Waals surface area contributed by atoms with Gasteiger partial charge in [-0.3, -0.25) is 0 Å². The van der Waals surface area contributed by atoms with Crippen molar-refractivity contribution < 1.29 is 14.3 Å².